The van der Waals surface area contributed by atoms with E-state index < -0.39 is 33.1 Å². The molecule has 0 unspecified atom stereocenters. The van der Waals surface area contributed by atoms with Gasteiger partial charge in [0.2, 0.25) is 5.91 Å². The number of anilines is 1. The molecule has 32 heavy (non-hydrogen) atoms. The number of sulfone groups is 1. The van der Waals surface area contributed by atoms with Gasteiger partial charge in [-0.2, -0.15) is 5.26 Å². The monoisotopic (exact) mass is 456 g/mol. The molecule has 164 valence electrons. The number of carbonyl (C=O) groups excluding carboxylic acids is 1. The molecular formula is C23H18F2N2O4S. The van der Waals surface area contributed by atoms with Crippen LogP contribution < -0.4 is 10.1 Å². The molecule has 0 radical (unpaired) electrons. The lowest BCUT2D eigenvalue weighted by Gasteiger charge is -2.10. The van der Waals surface area contributed by atoms with E-state index in [2.05, 4.69) is 5.32 Å². The summed E-state index contributed by atoms with van der Waals surface area (Å²) in [6.07, 6.45) is 0. The molecule has 9 heteroatoms. The van der Waals surface area contributed by atoms with Gasteiger partial charge in [-0.05, 0) is 47.5 Å². The predicted octanol–water partition coefficient (Wildman–Crippen LogP) is 3.97. The maximum atomic E-state index is 14.3. The van der Waals surface area contributed by atoms with Gasteiger partial charge in [-0.15, -0.1) is 0 Å². The van der Waals surface area contributed by atoms with E-state index in [9.17, 15) is 22.0 Å². The van der Waals surface area contributed by atoms with Crippen molar-refractivity contribution in [2.75, 3.05) is 11.1 Å². The first-order valence-electron chi connectivity index (χ1n) is 9.40. The maximum absolute atomic E-state index is 14.3. The van der Waals surface area contributed by atoms with Gasteiger partial charge in [-0.3, -0.25) is 4.79 Å². The summed E-state index contributed by atoms with van der Waals surface area (Å²) in [5.41, 5.74) is 1.44. The zero-order chi connectivity index (χ0) is 23.1. The minimum atomic E-state index is -3.78. The van der Waals surface area contributed by atoms with Crippen molar-refractivity contribution in [1.82, 2.24) is 0 Å². The van der Waals surface area contributed by atoms with Crippen molar-refractivity contribution in [1.29, 1.82) is 5.26 Å². The number of amides is 1. The van der Waals surface area contributed by atoms with Crippen LogP contribution in [0.2, 0.25) is 0 Å². The predicted molar refractivity (Wildman–Crippen MR) is 114 cm³/mol. The van der Waals surface area contributed by atoms with Crippen LogP contribution in [0.1, 0.15) is 16.7 Å². The first-order chi connectivity index (χ1) is 15.2. The number of nitriles is 1. The van der Waals surface area contributed by atoms with Gasteiger partial charge in [0, 0.05) is 11.8 Å². The Labute approximate surface area is 184 Å². The van der Waals surface area contributed by atoms with E-state index in [-0.39, 0.29) is 23.8 Å². The molecule has 0 heterocycles. The Morgan fingerprint density at radius 2 is 1.75 bits per heavy atom. The van der Waals surface area contributed by atoms with Crippen LogP contribution >= 0.6 is 0 Å². The van der Waals surface area contributed by atoms with Crippen molar-refractivity contribution in [3.63, 3.8) is 0 Å². The molecule has 0 aliphatic rings. The molecule has 1 amide bonds. The minimum Gasteiger partial charge on any atom is -0.486 e. The number of hydrogen-bond donors (Lipinski definition) is 1. The average Bonchev–Trinajstić information content (AvgIpc) is 2.73. The highest BCUT2D eigenvalue weighted by molar-refractivity contribution is 7.91. The fourth-order valence-corrected chi connectivity index (χ4v) is 4.13. The molecule has 3 aromatic carbocycles. The molecule has 0 fully saturated rings. The lowest BCUT2D eigenvalue weighted by molar-refractivity contribution is -0.113. The maximum Gasteiger partial charge on any atom is 0.239 e. The average molecular weight is 456 g/mol. The number of halogens is 2. The Bertz CT molecular complexity index is 1270. The molecule has 0 saturated carbocycles. The Morgan fingerprint density at radius 1 is 1.00 bits per heavy atom. The number of nitrogens with one attached hydrogen (secondary N) is 1. The van der Waals surface area contributed by atoms with Crippen LogP contribution in [0.3, 0.4) is 0 Å². The number of nitrogens with zero attached hydrogens (tertiary/aromatic N) is 1. The largest absolute Gasteiger partial charge is 0.486 e. The molecule has 0 aliphatic heterocycles. The fraction of sp³-hybridized carbons (Fsp3) is 0.130. The van der Waals surface area contributed by atoms with Crippen LogP contribution in [-0.2, 0) is 27.0 Å². The summed E-state index contributed by atoms with van der Waals surface area (Å²) < 4.78 is 57.3. The quantitative estimate of drug-likeness (QED) is 0.553. The van der Waals surface area contributed by atoms with Gasteiger partial charge in [0.15, 0.2) is 21.4 Å². The zero-order valence-corrected chi connectivity index (χ0v) is 17.5. The first-order valence-corrected chi connectivity index (χ1v) is 11.2. The molecule has 0 spiro atoms. The summed E-state index contributed by atoms with van der Waals surface area (Å²) in [4.78, 5) is 12.1. The molecule has 0 saturated heterocycles. The molecule has 0 atom stereocenters. The Kier molecular flexibility index (Phi) is 7.18. The second-order valence-corrected chi connectivity index (χ2v) is 9.02. The van der Waals surface area contributed by atoms with E-state index in [1.165, 1.54) is 54.6 Å². The smallest absolute Gasteiger partial charge is 0.239 e. The summed E-state index contributed by atoms with van der Waals surface area (Å²) in [6, 6.07) is 17.3. The number of benzene rings is 3. The fourth-order valence-electron chi connectivity index (χ4n) is 2.86. The third-order valence-electron chi connectivity index (χ3n) is 4.32. The van der Waals surface area contributed by atoms with Crippen molar-refractivity contribution in [3.05, 3.63) is 95.1 Å². The lowest BCUT2D eigenvalue weighted by Crippen LogP contribution is -2.24. The summed E-state index contributed by atoms with van der Waals surface area (Å²) in [7, 11) is -3.78. The van der Waals surface area contributed by atoms with Crippen LogP contribution in [0.15, 0.2) is 66.7 Å². The lowest BCUT2D eigenvalue weighted by atomic mass is 10.2. The van der Waals surface area contributed by atoms with E-state index in [1.807, 2.05) is 6.07 Å². The minimum absolute atomic E-state index is 0.0476. The summed E-state index contributed by atoms with van der Waals surface area (Å²) >= 11 is 0. The summed E-state index contributed by atoms with van der Waals surface area (Å²) in [5.74, 6) is -3.26. The second-order valence-electron chi connectivity index (χ2n) is 6.95. The van der Waals surface area contributed by atoms with E-state index in [4.69, 9.17) is 10.00 Å². The van der Waals surface area contributed by atoms with Gasteiger partial charge < -0.3 is 10.1 Å². The second kappa shape index (κ2) is 10.0. The van der Waals surface area contributed by atoms with Crippen LogP contribution in [0.5, 0.6) is 5.75 Å². The Balaban J connectivity index is 1.57. The number of rotatable bonds is 8. The van der Waals surface area contributed by atoms with Crippen LogP contribution in [0.25, 0.3) is 0 Å². The number of carbonyl (C=O) groups is 1. The topological polar surface area (TPSA) is 96.3 Å². The summed E-state index contributed by atoms with van der Waals surface area (Å²) in [5, 5.41) is 11.1. The van der Waals surface area contributed by atoms with Crippen molar-refractivity contribution >= 4 is 21.4 Å². The van der Waals surface area contributed by atoms with E-state index >= 15 is 0 Å². The SMILES string of the molecule is N#Cc1ccc(CS(=O)(=O)CC(=O)Nc2ccc(OCc3cccc(F)c3)c(F)c2)cc1. The van der Waals surface area contributed by atoms with E-state index in [1.54, 1.807) is 6.07 Å². The standard InChI is InChI=1S/C23H18F2N2O4S/c24-19-3-1-2-18(10-19)13-31-22-9-8-20(11-21(22)25)27-23(28)15-32(29,30)14-17-6-4-16(12-26)5-7-17/h1-11H,13-15H2,(H,27,28). The number of ether oxygens (including phenoxy) is 1. The zero-order valence-electron chi connectivity index (χ0n) is 16.7. The molecule has 6 nitrogen and oxygen atoms in total. The van der Waals surface area contributed by atoms with Crippen molar-refractivity contribution in [2.45, 2.75) is 12.4 Å². The Morgan fingerprint density at radius 3 is 2.41 bits per heavy atom. The van der Waals surface area contributed by atoms with E-state index in [0.29, 0.717) is 16.7 Å². The van der Waals surface area contributed by atoms with Gasteiger partial charge >= 0.3 is 0 Å². The molecular weight excluding hydrogens is 438 g/mol. The highest BCUT2D eigenvalue weighted by Crippen LogP contribution is 2.22. The van der Waals surface area contributed by atoms with Gasteiger partial charge in [0.1, 0.15) is 18.2 Å². The molecule has 0 bridgehead atoms. The third-order valence-corrected chi connectivity index (χ3v) is 5.79. The van der Waals surface area contributed by atoms with Crippen LogP contribution in [0.4, 0.5) is 14.5 Å². The summed E-state index contributed by atoms with van der Waals surface area (Å²) in [6.45, 7) is -0.0476. The van der Waals surface area contributed by atoms with Gasteiger partial charge in [-0.25, -0.2) is 17.2 Å². The third kappa shape index (κ3) is 6.62. The van der Waals surface area contributed by atoms with Crippen molar-refractivity contribution < 1.29 is 26.7 Å². The molecule has 0 aliphatic carbocycles. The molecule has 1 N–H and O–H groups in total. The normalized spacial score (nSPS) is 10.9. The van der Waals surface area contributed by atoms with Crippen LogP contribution in [-0.4, -0.2) is 20.1 Å². The van der Waals surface area contributed by atoms with Crippen molar-refractivity contribution in [2.24, 2.45) is 0 Å². The highest BCUT2D eigenvalue weighted by atomic mass is 32.2. The van der Waals surface area contributed by atoms with Gasteiger partial charge in [-0.1, -0.05) is 24.3 Å². The van der Waals surface area contributed by atoms with Crippen LogP contribution in [0, 0.1) is 23.0 Å². The molecule has 3 rings (SSSR count). The Hall–Kier alpha value is -3.77. The number of hydrogen-bond acceptors (Lipinski definition) is 5. The van der Waals surface area contributed by atoms with E-state index in [0.717, 1.165) is 6.07 Å². The van der Waals surface area contributed by atoms with Gasteiger partial charge in [0.25, 0.3) is 0 Å². The van der Waals surface area contributed by atoms with Crippen molar-refractivity contribution in [3.8, 4) is 11.8 Å². The highest BCUT2D eigenvalue weighted by Gasteiger charge is 2.18. The van der Waals surface area contributed by atoms with Gasteiger partial charge in [0.05, 0.1) is 17.4 Å². The molecule has 3 aromatic rings. The molecule has 0 aromatic heterocycles. The first kappa shape index (κ1) is 22.9.